The van der Waals surface area contributed by atoms with E-state index in [0.29, 0.717) is 38.5 Å². The maximum atomic E-state index is 14.1. The Labute approximate surface area is 366 Å². The van der Waals surface area contributed by atoms with E-state index in [4.69, 9.17) is 23.6 Å². The summed E-state index contributed by atoms with van der Waals surface area (Å²) in [6, 6.07) is 10.1. The molecule has 1 saturated heterocycles. The largest absolute Gasteiger partial charge is 0.467 e. The molecule has 5 aromatic rings. The van der Waals surface area contributed by atoms with Crippen LogP contribution in [0.1, 0.15) is 88.9 Å². The Hall–Kier alpha value is -4.77. The van der Waals surface area contributed by atoms with E-state index in [2.05, 4.69) is 69.9 Å². The lowest BCUT2D eigenvalue weighted by molar-refractivity contribution is -0.140. The summed E-state index contributed by atoms with van der Waals surface area (Å²) in [6.07, 6.45) is 8.12. The summed E-state index contributed by atoms with van der Waals surface area (Å²) in [7, 11) is 1.69. The number of carbonyl (C=O) groups is 3. The fourth-order valence-corrected chi connectivity index (χ4v) is 9.89. The molecule has 2 amide bonds. The van der Waals surface area contributed by atoms with Gasteiger partial charge in [-0.2, -0.15) is 0 Å². The number of aryl methyl sites for hydroxylation is 2. The lowest BCUT2D eigenvalue weighted by Crippen LogP contribution is -2.57. The van der Waals surface area contributed by atoms with Gasteiger partial charge in [-0.1, -0.05) is 33.8 Å². The lowest BCUT2D eigenvalue weighted by Gasteiger charge is -2.31. The number of methoxy groups -OCH3 is 1. The van der Waals surface area contributed by atoms with Crippen molar-refractivity contribution in [1.82, 2.24) is 39.8 Å². The van der Waals surface area contributed by atoms with Gasteiger partial charge >= 0.3 is 6.01 Å². The van der Waals surface area contributed by atoms with Crippen LogP contribution in [-0.2, 0) is 56.2 Å². The van der Waals surface area contributed by atoms with Gasteiger partial charge in [-0.05, 0) is 81.7 Å². The first-order valence-electron chi connectivity index (χ1n) is 21.3. The summed E-state index contributed by atoms with van der Waals surface area (Å²) in [5.74, 6) is -0.539. The predicted octanol–water partition coefficient (Wildman–Crippen LogP) is 7.34. The minimum Gasteiger partial charge on any atom is -0.467 e. The van der Waals surface area contributed by atoms with Crippen molar-refractivity contribution in [3.8, 4) is 28.5 Å². The molecule has 326 valence electrons. The minimum atomic E-state index is -0.844. The standard InChI is InChI=1S/C45H58N8O6S2/c1-8-51-37-16-15-30(21-33(37)34(23-45(5,6)26-58-27-54)40(51)32-14-11-17-46-39(32)29(4)57-7)36-25-60-38(49-36)22-35(43(56)53-20-10-9-18-48-53)50-42(55)41(28(2)3)61-59-44-47-24-31-13-12-19-52(31)44/h11,14-17,21,24-25,27-29,35,41,48H,8-10,12-13,18-20,22-23,26H2,1-7H3,(H,50,55). The van der Waals surface area contributed by atoms with Crippen molar-refractivity contribution in [1.29, 1.82) is 0 Å². The number of amides is 2. The zero-order valence-corrected chi connectivity index (χ0v) is 37.9. The molecule has 3 unspecified atom stereocenters. The van der Waals surface area contributed by atoms with Gasteiger partial charge in [0, 0.05) is 84.4 Å². The first kappa shape index (κ1) is 44.3. The minimum absolute atomic E-state index is 0.0764. The molecule has 61 heavy (non-hydrogen) atoms. The third-order valence-corrected chi connectivity index (χ3v) is 13.6. The number of ether oxygens (including phenoxy) is 2. The molecule has 2 N–H and O–H groups in total. The van der Waals surface area contributed by atoms with E-state index in [0.717, 1.165) is 99.6 Å². The van der Waals surface area contributed by atoms with E-state index in [1.807, 2.05) is 38.4 Å². The Kier molecular flexibility index (Phi) is 14.2. The SMILES string of the molecule is CCn1c(-c2cccnc2C(C)OC)c(CC(C)(C)COC=O)c2cc(-c3csc(CC(NC(=O)C(SOc4ncc5n4CCC5)C(C)C)C(=O)N4CCCCN4)n3)ccc21. The van der Waals surface area contributed by atoms with Crippen LogP contribution in [0.15, 0.2) is 48.1 Å². The maximum absolute atomic E-state index is 14.1. The number of nitrogens with zero attached hydrogens (tertiary/aromatic N) is 6. The van der Waals surface area contributed by atoms with Crippen molar-refractivity contribution in [2.45, 2.75) is 111 Å². The van der Waals surface area contributed by atoms with Crippen LogP contribution in [0, 0.1) is 11.3 Å². The predicted molar refractivity (Wildman–Crippen MR) is 239 cm³/mol. The molecule has 4 aromatic heterocycles. The number of hydrazine groups is 1. The molecule has 1 fully saturated rings. The summed E-state index contributed by atoms with van der Waals surface area (Å²) >= 11 is 2.56. The van der Waals surface area contributed by atoms with E-state index >= 15 is 0 Å². The van der Waals surface area contributed by atoms with Crippen LogP contribution in [-0.4, -0.2) is 85.5 Å². The summed E-state index contributed by atoms with van der Waals surface area (Å²) in [5.41, 5.74) is 10.8. The van der Waals surface area contributed by atoms with E-state index in [-0.39, 0.29) is 42.3 Å². The molecule has 14 nitrogen and oxygen atoms in total. The van der Waals surface area contributed by atoms with Crippen molar-refractivity contribution in [2.75, 3.05) is 26.8 Å². The van der Waals surface area contributed by atoms with Gasteiger partial charge in [0.05, 0.1) is 53.0 Å². The van der Waals surface area contributed by atoms with Crippen molar-refractivity contribution >= 4 is 52.6 Å². The fraction of sp³-hybridized carbons (Fsp3) is 0.511. The second kappa shape index (κ2) is 19.5. The molecular weight excluding hydrogens is 813 g/mol. The molecule has 0 bridgehead atoms. The Morgan fingerprint density at radius 1 is 1.11 bits per heavy atom. The number of hydrogen-bond donors (Lipinski definition) is 2. The van der Waals surface area contributed by atoms with Crippen LogP contribution in [0.3, 0.4) is 0 Å². The Bertz CT molecular complexity index is 2330. The van der Waals surface area contributed by atoms with Gasteiger partial charge in [0.1, 0.15) is 11.3 Å². The highest BCUT2D eigenvalue weighted by atomic mass is 32.2. The van der Waals surface area contributed by atoms with E-state index < -0.39 is 11.3 Å². The van der Waals surface area contributed by atoms with Crippen LogP contribution in [0.5, 0.6) is 6.01 Å². The van der Waals surface area contributed by atoms with E-state index in [1.165, 1.54) is 11.3 Å². The number of hydrogen-bond acceptors (Lipinski definition) is 12. The second-order valence-electron chi connectivity index (χ2n) is 17.0. The van der Waals surface area contributed by atoms with E-state index in [9.17, 15) is 14.4 Å². The van der Waals surface area contributed by atoms with E-state index in [1.54, 1.807) is 18.3 Å². The molecule has 0 radical (unpaired) electrons. The van der Waals surface area contributed by atoms with Crippen LogP contribution in [0.4, 0.5) is 0 Å². The van der Waals surface area contributed by atoms with Crippen molar-refractivity contribution in [2.24, 2.45) is 11.3 Å². The summed E-state index contributed by atoms with van der Waals surface area (Å²) in [6.45, 7) is 15.9. The normalized spacial score (nSPS) is 15.8. The first-order chi connectivity index (χ1) is 29.4. The van der Waals surface area contributed by atoms with Gasteiger partial charge in [0.2, 0.25) is 5.91 Å². The average Bonchev–Trinajstić information content (AvgIpc) is 4.07. The van der Waals surface area contributed by atoms with Gasteiger partial charge in [-0.15, -0.1) is 11.3 Å². The first-order valence-corrected chi connectivity index (χ1v) is 23.0. The van der Waals surface area contributed by atoms with Crippen molar-refractivity contribution in [3.05, 3.63) is 70.1 Å². The van der Waals surface area contributed by atoms with Gasteiger partial charge in [0.15, 0.2) is 0 Å². The summed E-state index contributed by atoms with van der Waals surface area (Å²) in [4.78, 5) is 53.8. The van der Waals surface area contributed by atoms with Gasteiger partial charge in [-0.3, -0.25) is 28.9 Å². The summed E-state index contributed by atoms with van der Waals surface area (Å²) in [5, 5.41) is 7.98. The second-order valence-corrected chi connectivity index (χ2v) is 18.8. The molecule has 2 aliphatic rings. The molecule has 7 rings (SSSR count). The topological polar surface area (TPSA) is 155 Å². The number of imidazole rings is 1. The fourth-order valence-electron chi connectivity index (χ4n) is 8.34. The number of nitrogens with one attached hydrogen (secondary N) is 2. The van der Waals surface area contributed by atoms with Gasteiger partial charge in [-0.25, -0.2) is 15.4 Å². The number of carbonyl (C=O) groups excluding carboxylic acids is 3. The number of thiazole rings is 1. The zero-order valence-electron chi connectivity index (χ0n) is 36.2. The van der Waals surface area contributed by atoms with Crippen LogP contribution in [0.2, 0.25) is 0 Å². The molecular formula is C45H58N8O6S2. The lowest BCUT2D eigenvalue weighted by atomic mass is 9.84. The van der Waals surface area contributed by atoms with Crippen molar-refractivity contribution in [3.63, 3.8) is 0 Å². The molecule has 3 atom stereocenters. The molecule has 6 heterocycles. The highest BCUT2D eigenvalue weighted by molar-refractivity contribution is 7.96. The average molecular weight is 871 g/mol. The number of benzene rings is 1. The van der Waals surface area contributed by atoms with Gasteiger partial charge in [0.25, 0.3) is 12.4 Å². The smallest absolute Gasteiger partial charge is 0.308 e. The monoisotopic (exact) mass is 870 g/mol. The Balaban J connectivity index is 1.20. The third kappa shape index (κ3) is 9.82. The quantitative estimate of drug-likeness (QED) is 0.0633. The molecule has 2 aliphatic heterocycles. The molecule has 0 saturated carbocycles. The number of rotatable bonds is 19. The van der Waals surface area contributed by atoms with Gasteiger partial charge < -0.3 is 23.5 Å². The van der Waals surface area contributed by atoms with Crippen LogP contribution >= 0.6 is 23.4 Å². The molecule has 1 aromatic carbocycles. The number of aromatic nitrogens is 5. The van der Waals surface area contributed by atoms with Crippen LogP contribution < -0.4 is 14.9 Å². The maximum Gasteiger partial charge on any atom is 0.308 e. The highest BCUT2D eigenvalue weighted by Gasteiger charge is 2.34. The Morgan fingerprint density at radius 3 is 2.69 bits per heavy atom. The Morgan fingerprint density at radius 2 is 1.95 bits per heavy atom. The third-order valence-electron chi connectivity index (χ3n) is 11.5. The van der Waals surface area contributed by atoms with Crippen LogP contribution in [0.25, 0.3) is 33.4 Å². The molecule has 16 heteroatoms. The summed E-state index contributed by atoms with van der Waals surface area (Å²) < 4.78 is 21.5. The van der Waals surface area contributed by atoms with Crippen molar-refractivity contribution < 1.29 is 28.0 Å². The molecule has 0 spiro atoms. The number of pyridine rings is 1. The number of fused-ring (bicyclic) bond motifs is 2. The highest BCUT2D eigenvalue weighted by Crippen LogP contribution is 2.42. The zero-order chi connectivity index (χ0) is 43.3. The molecule has 0 aliphatic carbocycles.